The number of esters is 1. The van der Waals surface area contributed by atoms with Gasteiger partial charge in [0.15, 0.2) is 18.1 Å². The van der Waals surface area contributed by atoms with E-state index in [1.165, 1.54) is 25.6 Å². The largest absolute Gasteiger partial charge is 0.493 e. The molecule has 0 saturated heterocycles. The molecule has 0 N–H and O–H groups in total. The predicted molar refractivity (Wildman–Crippen MR) is 90.6 cm³/mol. The maximum absolute atomic E-state index is 11.9. The number of hydrogen-bond donors (Lipinski definition) is 0. The second-order valence-corrected chi connectivity index (χ2v) is 6.34. The number of ketones is 1. The Balaban J connectivity index is 1.98. The first kappa shape index (κ1) is 17.5. The van der Waals surface area contributed by atoms with Crippen molar-refractivity contribution in [3.05, 3.63) is 44.6 Å². The number of Topliss-reactive ketones (excluding diaryl/α,β-unsaturated/α-hetero) is 1. The average molecular weight is 399 g/mol. The van der Waals surface area contributed by atoms with Crippen LogP contribution in [0.1, 0.15) is 15.2 Å². The molecule has 0 saturated carbocycles. The molecule has 1 heterocycles. The lowest BCUT2D eigenvalue weighted by atomic mass is 10.1. The van der Waals surface area contributed by atoms with E-state index >= 15 is 0 Å². The van der Waals surface area contributed by atoms with Crippen LogP contribution in [0.15, 0.2) is 34.1 Å². The van der Waals surface area contributed by atoms with E-state index < -0.39 is 5.97 Å². The van der Waals surface area contributed by atoms with Crippen molar-refractivity contribution in [2.24, 2.45) is 0 Å². The molecule has 1 aromatic heterocycles. The first-order valence-corrected chi connectivity index (χ1v) is 8.35. The quantitative estimate of drug-likeness (QED) is 0.527. The Hall–Kier alpha value is -1.86. The summed E-state index contributed by atoms with van der Waals surface area (Å²) in [5, 5.41) is 1.80. The zero-order chi connectivity index (χ0) is 16.8. The van der Waals surface area contributed by atoms with Crippen molar-refractivity contribution in [1.82, 2.24) is 0 Å². The van der Waals surface area contributed by atoms with Gasteiger partial charge in [-0.3, -0.25) is 9.59 Å². The minimum atomic E-state index is -0.483. The van der Waals surface area contributed by atoms with Crippen molar-refractivity contribution in [3.63, 3.8) is 0 Å². The zero-order valence-corrected chi connectivity index (χ0v) is 15.0. The van der Waals surface area contributed by atoms with Gasteiger partial charge in [0, 0.05) is 4.47 Å². The van der Waals surface area contributed by atoms with E-state index in [0.29, 0.717) is 26.4 Å². The monoisotopic (exact) mass is 398 g/mol. The van der Waals surface area contributed by atoms with Crippen molar-refractivity contribution >= 4 is 39.0 Å². The van der Waals surface area contributed by atoms with Crippen LogP contribution in [0, 0.1) is 0 Å². The molecule has 23 heavy (non-hydrogen) atoms. The van der Waals surface area contributed by atoms with Crippen molar-refractivity contribution in [2.75, 3.05) is 20.8 Å². The Morgan fingerprint density at radius 2 is 1.87 bits per heavy atom. The lowest BCUT2D eigenvalue weighted by Crippen LogP contribution is -2.15. The number of methoxy groups -OCH3 is 2. The van der Waals surface area contributed by atoms with E-state index in [4.69, 9.17) is 14.2 Å². The Morgan fingerprint density at radius 3 is 2.48 bits per heavy atom. The minimum Gasteiger partial charge on any atom is -0.493 e. The molecule has 0 atom stereocenters. The fourth-order valence-electron chi connectivity index (χ4n) is 1.89. The number of carbonyl (C=O) groups excluding carboxylic acids is 2. The Labute approximate surface area is 146 Å². The highest BCUT2D eigenvalue weighted by atomic mass is 79.9. The lowest BCUT2D eigenvalue weighted by molar-refractivity contribution is -0.141. The summed E-state index contributed by atoms with van der Waals surface area (Å²) in [5.74, 6) is 0.389. The van der Waals surface area contributed by atoms with E-state index in [1.807, 2.05) is 0 Å². The number of carbonyl (C=O) groups is 2. The fraction of sp³-hybridized carbons (Fsp3) is 0.250. The van der Waals surface area contributed by atoms with Crippen molar-refractivity contribution < 1.29 is 23.8 Å². The van der Waals surface area contributed by atoms with Crippen molar-refractivity contribution in [1.29, 1.82) is 0 Å². The first-order valence-electron chi connectivity index (χ1n) is 6.68. The maximum atomic E-state index is 11.9. The summed E-state index contributed by atoms with van der Waals surface area (Å²) < 4.78 is 16.1. The van der Waals surface area contributed by atoms with Crippen LogP contribution in [0.3, 0.4) is 0 Å². The van der Waals surface area contributed by atoms with Crippen LogP contribution in [0.2, 0.25) is 0 Å². The van der Waals surface area contributed by atoms with Gasteiger partial charge in [-0.2, -0.15) is 0 Å². The Kier molecular flexibility index (Phi) is 6.18. The molecule has 7 heteroatoms. The fourth-order valence-corrected chi connectivity index (χ4v) is 3.01. The van der Waals surface area contributed by atoms with E-state index in [2.05, 4.69) is 15.9 Å². The third-order valence-corrected chi connectivity index (χ3v) is 4.70. The second-order valence-electron chi connectivity index (χ2n) is 4.54. The third kappa shape index (κ3) is 4.56. The highest BCUT2D eigenvalue weighted by molar-refractivity contribution is 9.10. The molecule has 0 radical (unpaired) electrons. The molecule has 0 aliphatic heterocycles. The van der Waals surface area contributed by atoms with Crippen LogP contribution < -0.4 is 9.47 Å². The molecule has 2 aromatic rings. The molecule has 0 unspecified atom stereocenters. The van der Waals surface area contributed by atoms with Gasteiger partial charge < -0.3 is 14.2 Å². The summed E-state index contributed by atoms with van der Waals surface area (Å²) in [5.41, 5.74) is 0.691. The summed E-state index contributed by atoms with van der Waals surface area (Å²) in [7, 11) is 3.06. The van der Waals surface area contributed by atoms with Gasteiger partial charge in [0.25, 0.3) is 0 Å². The second kappa shape index (κ2) is 8.12. The molecule has 0 aliphatic rings. The van der Waals surface area contributed by atoms with Gasteiger partial charge in [0.05, 0.1) is 25.5 Å². The smallest absolute Gasteiger partial charge is 0.310 e. The number of benzene rings is 1. The summed E-state index contributed by atoms with van der Waals surface area (Å²) in [6, 6.07) is 6.90. The number of rotatable bonds is 7. The molecule has 0 amide bonds. The summed E-state index contributed by atoms with van der Waals surface area (Å²) >= 11 is 4.70. The SMILES string of the molecule is COc1cc(Br)c(CC(=O)OCC(=O)c2cccs2)cc1OC. The number of ether oxygens (including phenoxy) is 3. The van der Waals surface area contributed by atoms with E-state index in [-0.39, 0.29) is 18.8 Å². The molecular formula is C16H15BrO5S. The van der Waals surface area contributed by atoms with Gasteiger partial charge >= 0.3 is 5.97 Å². The van der Waals surface area contributed by atoms with Gasteiger partial charge in [0.1, 0.15) is 0 Å². The molecule has 2 rings (SSSR count). The van der Waals surface area contributed by atoms with Gasteiger partial charge in [-0.25, -0.2) is 0 Å². The molecule has 1 aromatic carbocycles. The Morgan fingerprint density at radius 1 is 1.17 bits per heavy atom. The van der Waals surface area contributed by atoms with E-state index in [1.54, 1.807) is 29.6 Å². The highest BCUT2D eigenvalue weighted by Crippen LogP contribution is 2.33. The van der Waals surface area contributed by atoms with Crippen LogP contribution in [0.4, 0.5) is 0 Å². The zero-order valence-electron chi connectivity index (χ0n) is 12.6. The number of hydrogen-bond acceptors (Lipinski definition) is 6. The van der Waals surface area contributed by atoms with E-state index in [9.17, 15) is 9.59 Å². The van der Waals surface area contributed by atoms with Crippen LogP contribution in [-0.2, 0) is 16.0 Å². The lowest BCUT2D eigenvalue weighted by Gasteiger charge is -2.11. The average Bonchev–Trinajstić information content (AvgIpc) is 3.08. The van der Waals surface area contributed by atoms with Gasteiger partial charge in [-0.1, -0.05) is 22.0 Å². The highest BCUT2D eigenvalue weighted by Gasteiger charge is 2.15. The van der Waals surface area contributed by atoms with Crippen LogP contribution in [0.5, 0.6) is 11.5 Å². The maximum Gasteiger partial charge on any atom is 0.310 e. The molecule has 0 aliphatic carbocycles. The van der Waals surface area contributed by atoms with Crippen LogP contribution >= 0.6 is 27.3 Å². The first-order chi connectivity index (χ1) is 11.0. The summed E-state index contributed by atoms with van der Waals surface area (Å²) in [6.07, 6.45) is 0.0264. The van der Waals surface area contributed by atoms with Gasteiger partial charge in [-0.05, 0) is 29.1 Å². The molecule has 0 bridgehead atoms. The summed E-state index contributed by atoms with van der Waals surface area (Å²) in [6.45, 7) is -0.260. The normalized spacial score (nSPS) is 10.2. The van der Waals surface area contributed by atoms with Gasteiger partial charge in [-0.15, -0.1) is 11.3 Å². The molecule has 0 fully saturated rings. The minimum absolute atomic E-state index is 0.0264. The molecular weight excluding hydrogens is 384 g/mol. The summed E-state index contributed by atoms with van der Waals surface area (Å²) in [4.78, 5) is 24.3. The van der Waals surface area contributed by atoms with Crippen molar-refractivity contribution in [3.8, 4) is 11.5 Å². The predicted octanol–water partition coefficient (Wildman–Crippen LogP) is 3.50. The third-order valence-electron chi connectivity index (χ3n) is 3.05. The van der Waals surface area contributed by atoms with Crippen LogP contribution in [0.25, 0.3) is 0 Å². The van der Waals surface area contributed by atoms with Gasteiger partial charge in [0.2, 0.25) is 5.78 Å². The number of halogens is 1. The molecule has 0 spiro atoms. The number of thiophene rings is 1. The van der Waals surface area contributed by atoms with Crippen molar-refractivity contribution in [2.45, 2.75) is 6.42 Å². The standard InChI is InChI=1S/C16H15BrO5S/c1-20-13-6-10(11(17)8-14(13)21-2)7-16(19)22-9-12(18)15-4-3-5-23-15/h3-6,8H,7,9H2,1-2H3. The molecule has 5 nitrogen and oxygen atoms in total. The molecule has 122 valence electrons. The topological polar surface area (TPSA) is 61.8 Å². The van der Waals surface area contributed by atoms with Crippen LogP contribution in [-0.4, -0.2) is 32.6 Å². The Bertz CT molecular complexity index is 697. The van der Waals surface area contributed by atoms with E-state index in [0.717, 1.165) is 0 Å².